The molecule has 1 aromatic rings. The van der Waals surface area contributed by atoms with Crippen molar-refractivity contribution in [3.05, 3.63) is 29.1 Å². The highest BCUT2D eigenvalue weighted by molar-refractivity contribution is 5.51. The zero-order valence-corrected chi connectivity index (χ0v) is 11.2. The van der Waals surface area contributed by atoms with Crippen LogP contribution in [0.5, 0.6) is 0 Å². The van der Waals surface area contributed by atoms with Gasteiger partial charge >= 0.3 is 0 Å². The molecule has 1 N–H and O–H groups in total. The molecule has 0 aliphatic heterocycles. The topological polar surface area (TPSA) is 23.5 Å². The molecule has 0 bridgehead atoms. The monoisotopic (exact) mass is 297 g/mol. The third-order valence-corrected chi connectivity index (χ3v) is 3.20. The van der Waals surface area contributed by atoms with Crippen molar-refractivity contribution in [2.45, 2.75) is 32.7 Å². The van der Waals surface area contributed by atoms with Crippen molar-refractivity contribution < 1.29 is 27.1 Å². The third kappa shape index (κ3) is 2.87. The summed E-state index contributed by atoms with van der Waals surface area (Å²) in [6.45, 7) is 2.77. The Morgan fingerprint density at radius 3 is 1.60 bits per heavy atom. The summed E-state index contributed by atoms with van der Waals surface area (Å²) in [7, 11) is 0. The minimum Gasteiger partial charge on any atom is -0.395 e. The van der Waals surface area contributed by atoms with E-state index in [9.17, 15) is 22.0 Å². The zero-order valence-electron chi connectivity index (χ0n) is 11.2. The molecule has 0 radical (unpaired) electrons. The van der Waals surface area contributed by atoms with E-state index in [1.165, 1.54) is 0 Å². The highest BCUT2D eigenvalue weighted by atomic mass is 19.2. The first-order chi connectivity index (χ1) is 9.40. The first-order valence-corrected chi connectivity index (χ1v) is 6.29. The standard InChI is InChI=1S/C13H16F5NO/c1-3-7(4-2)19(5-6-20)13-11(17)9(15)8(14)10(16)12(13)18/h7,20H,3-6H2,1-2H3. The first-order valence-electron chi connectivity index (χ1n) is 6.29. The molecule has 0 spiro atoms. The largest absolute Gasteiger partial charge is 0.395 e. The van der Waals surface area contributed by atoms with Crippen molar-refractivity contribution in [2.75, 3.05) is 18.1 Å². The molecule has 0 aromatic heterocycles. The molecule has 0 unspecified atom stereocenters. The lowest BCUT2D eigenvalue weighted by Gasteiger charge is -2.32. The highest BCUT2D eigenvalue weighted by Gasteiger charge is 2.31. The SMILES string of the molecule is CCC(CC)N(CCO)c1c(F)c(F)c(F)c(F)c1F. The number of anilines is 1. The normalized spacial score (nSPS) is 11.2. The summed E-state index contributed by atoms with van der Waals surface area (Å²) >= 11 is 0. The fourth-order valence-electron chi connectivity index (χ4n) is 2.16. The first kappa shape index (κ1) is 16.7. The van der Waals surface area contributed by atoms with Crippen LogP contribution < -0.4 is 4.90 Å². The van der Waals surface area contributed by atoms with Gasteiger partial charge in [-0.25, -0.2) is 22.0 Å². The molecule has 0 saturated carbocycles. The fourth-order valence-corrected chi connectivity index (χ4v) is 2.16. The van der Waals surface area contributed by atoms with E-state index in [0.717, 1.165) is 4.90 Å². The number of halogens is 5. The smallest absolute Gasteiger partial charge is 0.200 e. The van der Waals surface area contributed by atoms with Gasteiger partial charge in [0.2, 0.25) is 5.82 Å². The van der Waals surface area contributed by atoms with Crippen LogP contribution in [0.15, 0.2) is 0 Å². The van der Waals surface area contributed by atoms with Gasteiger partial charge in [-0.2, -0.15) is 0 Å². The molecule has 20 heavy (non-hydrogen) atoms. The quantitative estimate of drug-likeness (QED) is 0.494. The Labute approximate surface area is 113 Å². The van der Waals surface area contributed by atoms with E-state index in [-0.39, 0.29) is 6.54 Å². The van der Waals surface area contributed by atoms with Gasteiger partial charge in [0.15, 0.2) is 23.3 Å². The molecule has 7 heteroatoms. The highest BCUT2D eigenvalue weighted by Crippen LogP contribution is 2.32. The van der Waals surface area contributed by atoms with Crippen molar-refractivity contribution in [2.24, 2.45) is 0 Å². The van der Waals surface area contributed by atoms with Gasteiger partial charge < -0.3 is 10.0 Å². The number of benzene rings is 1. The minimum atomic E-state index is -2.18. The van der Waals surface area contributed by atoms with E-state index < -0.39 is 47.4 Å². The molecule has 0 saturated heterocycles. The van der Waals surface area contributed by atoms with Crippen molar-refractivity contribution in [1.29, 1.82) is 0 Å². The van der Waals surface area contributed by atoms with Crippen LogP contribution in [0.25, 0.3) is 0 Å². The number of hydrogen-bond donors (Lipinski definition) is 1. The molecule has 0 fully saturated rings. The second-order valence-electron chi connectivity index (χ2n) is 4.31. The van der Waals surface area contributed by atoms with Crippen molar-refractivity contribution >= 4 is 5.69 Å². The van der Waals surface area contributed by atoms with Crippen LogP contribution in [-0.2, 0) is 0 Å². The van der Waals surface area contributed by atoms with Crippen LogP contribution in [-0.4, -0.2) is 24.3 Å². The molecule has 1 rings (SSSR count). The second-order valence-corrected chi connectivity index (χ2v) is 4.31. The summed E-state index contributed by atoms with van der Waals surface area (Å²) in [5.74, 6) is -9.89. The number of aliphatic hydroxyl groups excluding tert-OH is 1. The Hall–Kier alpha value is -1.37. The van der Waals surface area contributed by atoms with Gasteiger partial charge in [0.05, 0.1) is 6.61 Å². The Morgan fingerprint density at radius 2 is 1.25 bits per heavy atom. The summed E-state index contributed by atoms with van der Waals surface area (Å²) in [6.07, 6.45) is 0.881. The lowest BCUT2D eigenvalue weighted by atomic mass is 10.1. The average molecular weight is 297 g/mol. The summed E-state index contributed by atoms with van der Waals surface area (Å²) in [4.78, 5) is 1.02. The van der Waals surface area contributed by atoms with Gasteiger partial charge in [0, 0.05) is 12.6 Å². The summed E-state index contributed by atoms with van der Waals surface area (Å²) in [5.41, 5.74) is -0.982. The molecule has 0 atom stereocenters. The van der Waals surface area contributed by atoms with E-state index in [0.29, 0.717) is 12.8 Å². The van der Waals surface area contributed by atoms with Gasteiger partial charge in [-0.05, 0) is 12.8 Å². The van der Waals surface area contributed by atoms with Crippen LogP contribution in [0.2, 0.25) is 0 Å². The second kappa shape index (κ2) is 6.88. The van der Waals surface area contributed by atoms with Crippen molar-refractivity contribution in [3.8, 4) is 0 Å². The van der Waals surface area contributed by atoms with E-state index in [2.05, 4.69) is 0 Å². The van der Waals surface area contributed by atoms with Crippen LogP contribution in [0.3, 0.4) is 0 Å². The number of rotatable bonds is 6. The number of aliphatic hydroxyl groups is 1. The molecule has 114 valence electrons. The zero-order chi connectivity index (χ0) is 15.4. The van der Waals surface area contributed by atoms with Crippen LogP contribution in [0.4, 0.5) is 27.6 Å². The third-order valence-electron chi connectivity index (χ3n) is 3.20. The van der Waals surface area contributed by atoms with Crippen molar-refractivity contribution in [1.82, 2.24) is 0 Å². The van der Waals surface area contributed by atoms with Crippen molar-refractivity contribution in [3.63, 3.8) is 0 Å². The summed E-state index contributed by atoms with van der Waals surface area (Å²) < 4.78 is 67.0. The molecule has 0 amide bonds. The van der Waals surface area contributed by atoms with Gasteiger partial charge in [-0.3, -0.25) is 0 Å². The lowest BCUT2D eigenvalue weighted by Crippen LogP contribution is -2.38. The maximum absolute atomic E-state index is 13.8. The Balaban J connectivity index is 3.48. The lowest BCUT2D eigenvalue weighted by molar-refractivity contribution is 0.293. The molecule has 0 heterocycles. The summed E-state index contributed by atoms with van der Waals surface area (Å²) in [6, 6.07) is -0.435. The van der Waals surface area contributed by atoms with E-state index in [4.69, 9.17) is 5.11 Å². The predicted molar refractivity (Wildman–Crippen MR) is 65.0 cm³/mol. The Kier molecular flexibility index (Phi) is 5.74. The van der Waals surface area contributed by atoms with Gasteiger partial charge in [-0.1, -0.05) is 13.8 Å². The van der Waals surface area contributed by atoms with Gasteiger partial charge in [0.25, 0.3) is 0 Å². The predicted octanol–water partition coefficient (Wildman–Crippen LogP) is 3.37. The molecule has 2 nitrogen and oxygen atoms in total. The molecule has 1 aromatic carbocycles. The molecule has 0 aliphatic carbocycles. The van der Waals surface area contributed by atoms with Crippen LogP contribution in [0, 0.1) is 29.1 Å². The fraction of sp³-hybridized carbons (Fsp3) is 0.538. The van der Waals surface area contributed by atoms with Gasteiger partial charge in [0.1, 0.15) is 5.69 Å². The van der Waals surface area contributed by atoms with E-state index >= 15 is 0 Å². The maximum Gasteiger partial charge on any atom is 0.200 e. The number of nitrogens with zero attached hydrogens (tertiary/aromatic N) is 1. The minimum absolute atomic E-state index is 0.218. The molecular weight excluding hydrogens is 281 g/mol. The average Bonchev–Trinajstić information content (AvgIpc) is 2.44. The molecular formula is C13H16F5NO. The summed E-state index contributed by atoms with van der Waals surface area (Å²) in [5, 5.41) is 8.96. The molecule has 0 aliphatic rings. The maximum atomic E-state index is 13.8. The Bertz CT molecular complexity index is 447. The van der Waals surface area contributed by atoms with E-state index in [1.54, 1.807) is 13.8 Å². The number of hydrogen-bond acceptors (Lipinski definition) is 2. The van der Waals surface area contributed by atoms with Crippen LogP contribution >= 0.6 is 0 Å². The van der Waals surface area contributed by atoms with Gasteiger partial charge in [-0.15, -0.1) is 0 Å². The van der Waals surface area contributed by atoms with Crippen LogP contribution in [0.1, 0.15) is 26.7 Å². The Morgan fingerprint density at radius 1 is 0.850 bits per heavy atom. The van der Waals surface area contributed by atoms with E-state index in [1.807, 2.05) is 0 Å².